The number of aromatic nitrogens is 5. The summed E-state index contributed by atoms with van der Waals surface area (Å²) in [6.45, 7) is 7.55. The van der Waals surface area contributed by atoms with Gasteiger partial charge in [-0.05, 0) is 63.4 Å². The third kappa shape index (κ3) is 5.32. The van der Waals surface area contributed by atoms with Crippen LogP contribution >= 0.6 is 0 Å². The fourth-order valence-corrected chi connectivity index (χ4v) is 5.49. The van der Waals surface area contributed by atoms with Gasteiger partial charge in [0.05, 0.1) is 23.5 Å². The molecule has 9 nitrogen and oxygen atoms in total. The number of carbonyl (C=O) groups is 1. The Morgan fingerprint density at radius 1 is 1.19 bits per heavy atom. The number of amides is 1. The number of halogens is 2. The summed E-state index contributed by atoms with van der Waals surface area (Å²) in [5, 5.41) is 21.3. The quantitative estimate of drug-likeness (QED) is 0.487. The van der Waals surface area contributed by atoms with Crippen molar-refractivity contribution in [1.29, 1.82) is 0 Å². The second kappa shape index (κ2) is 10.00. The lowest BCUT2D eigenvalue weighted by molar-refractivity contribution is 0.0350. The van der Waals surface area contributed by atoms with E-state index in [1.807, 2.05) is 13.0 Å². The van der Waals surface area contributed by atoms with Crippen LogP contribution in [0, 0.1) is 11.8 Å². The van der Waals surface area contributed by atoms with Crippen LogP contribution in [0.3, 0.4) is 0 Å². The average Bonchev–Trinajstić information content (AvgIpc) is 3.48. The van der Waals surface area contributed by atoms with E-state index in [2.05, 4.69) is 39.2 Å². The number of aliphatic hydroxyl groups is 1. The third-order valence-corrected chi connectivity index (χ3v) is 8.04. The van der Waals surface area contributed by atoms with Crippen LogP contribution in [0.25, 0.3) is 5.65 Å². The number of nitrogens with zero attached hydrogens (tertiary/aromatic N) is 6. The van der Waals surface area contributed by atoms with Crippen LogP contribution < -0.4 is 10.2 Å². The van der Waals surface area contributed by atoms with Crippen molar-refractivity contribution in [3.8, 4) is 0 Å². The fourth-order valence-electron chi connectivity index (χ4n) is 5.49. The Labute approximate surface area is 214 Å². The van der Waals surface area contributed by atoms with Crippen molar-refractivity contribution in [2.24, 2.45) is 11.8 Å². The largest absolute Gasteiger partial charge is 0.390 e. The maximum Gasteiger partial charge on any atom is 0.284 e. The number of anilines is 2. The molecule has 0 aromatic carbocycles. The maximum atomic E-state index is 13.9. The predicted molar refractivity (Wildman–Crippen MR) is 136 cm³/mol. The zero-order valence-corrected chi connectivity index (χ0v) is 21.6. The number of nitrogens with one attached hydrogen (secondary N) is 1. The van der Waals surface area contributed by atoms with Crippen molar-refractivity contribution in [3.05, 3.63) is 35.9 Å². The lowest BCUT2D eigenvalue weighted by atomic mass is 9.80. The smallest absolute Gasteiger partial charge is 0.284 e. The Kier molecular flexibility index (Phi) is 6.91. The monoisotopic (exact) mass is 515 g/mol. The molecule has 1 saturated carbocycles. The van der Waals surface area contributed by atoms with Gasteiger partial charge in [0.1, 0.15) is 11.4 Å². The lowest BCUT2D eigenvalue weighted by Gasteiger charge is -2.36. The van der Waals surface area contributed by atoms with Crippen LogP contribution in [0.4, 0.5) is 20.3 Å². The Balaban J connectivity index is 1.35. The number of hydrogen-bond donors (Lipinski definition) is 2. The molecule has 11 heteroatoms. The molecule has 37 heavy (non-hydrogen) atoms. The van der Waals surface area contributed by atoms with E-state index in [4.69, 9.17) is 0 Å². The highest BCUT2D eigenvalue weighted by Crippen LogP contribution is 2.37. The van der Waals surface area contributed by atoms with Crippen LogP contribution in [-0.4, -0.2) is 54.1 Å². The molecule has 200 valence electrons. The molecule has 2 aliphatic rings. The normalized spacial score (nSPS) is 22.2. The van der Waals surface area contributed by atoms with Crippen molar-refractivity contribution in [2.45, 2.75) is 77.4 Å². The molecular formula is C26H35F2N7O2. The van der Waals surface area contributed by atoms with Gasteiger partial charge in [-0.15, -0.1) is 0 Å². The molecule has 4 heterocycles. The van der Waals surface area contributed by atoms with E-state index >= 15 is 0 Å². The van der Waals surface area contributed by atoms with Gasteiger partial charge < -0.3 is 15.3 Å². The highest BCUT2D eigenvalue weighted by molar-refractivity contribution is 6.08. The summed E-state index contributed by atoms with van der Waals surface area (Å²) in [5.41, 5.74) is -0.575. The Morgan fingerprint density at radius 3 is 2.54 bits per heavy atom. The first-order valence-electron chi connectivity index (χ1n) is 13.1. The molecule has 0 bridgehead atoms. The Bertz CT molecular complexity index is 1250. The van der Waals surface area contributed by atoms with Gasteiger partial charge in [0.2, 0.25) is 0 Å². The molecule has 3 aromatic heterocycles. The molecule has 5 rings (SSSR count). The van der Waals surface area contributed by atoms with Gasteiger partial charge in [-0.3, -0.25) is 9.48 Å². The molecule has 2 fully saturated rings. The molecule has 0 spiro atoms. The van der Waals surface area contributed by atoms with Gasteiger partial charge in [0.15, 0.2) is 11.3 Å². The SMILES string of the molecule is CC(C)C1CCC(n2cc(NC(=O)c3cnn4ccc(N5CCC(C)(O)CC5)nc34)c(C(F)F)n2)CC1. The summed E-state index contributed by atoms with van der Waals surface area (Å²) in [7, 11) is 0. The van der Waals surface area contributed by atoms with Crippen LogP contribution in [0.1, 0.15) is 87.8 Å². The number of rotatable bonds is 6. The second-order valence-corrected chi connectivity index (χ2v) is 11.1. The molecular weight excluding hydrogens is 480 g/mol. The van der Waals surface area contributed by atoms with Gasteiger partial charge in [-0.1, -0.05) is 13.8 Å². The minimum atomic E-state index is -2.81. The number of hydrogen-bond acceptors (Lipinski definition) is 6. The van der Waals surface area contributed by atoms with Crippen molar-refractivity contribution >= 4 is 23.1 Å². The Hall–Kier alpha value is -3.08. The number of fused-ring (bicyclic) bond motifs is 1. The molecule has 2 N–H and O–H groups in total. The second-order valence-electron chi connectivity index (χ2n) is 11.1. The average molecular weight is 516 g/mol. The van der Waals surface area contributed by atoms with Crippen LogP contribution in [0.2, 0.25) is 0 Å². The van der Waals surface area contributed by atoms with E-state index in [-0.39, 0.29) is 17.3 Å². The first-order valence-corrected chi connectivity index (χ1v) is 13.1. The van der Waals surface area contributed by atoms with Gasteiger partial charge in [-0.25, -0.2) is 18.3 Å². The Morgan fingerprint density at radius 2 is 1.89 bits per heavy atom. The predicted octanol–water partition coefficient (Wildman–Crippen LogP) is 4.85. The minimum absolute atomic E-state index is 0.0137. The number of carbonyl (C=O) groups excluding carboxylic acids is 1. The van der Waals surface area contributed by atoms with E-state index in [1.54, 1.807) is 10.9 Å². The van der Waals surface area contributed by atoms with Crippen LogP contribution in [0.15, 0.2) is 24.7 Å². The van der Waals surface area contributed by atoms with Crippen molar-refractivity contribution in [2.75, 3.05) is 23.3 Å². The van der Waals surface area contributed by atoms with Crippen LogP contribution in [-0.2, 0) is 0 Å². The van der Waals surface area contributed by atoms with Gasteiger partial charge in [0, 0.05) is 25.5 Å². The topological polar surface area (TPSA) is 101 Å². The van der Waals surface area contributed by atoms with Crippen molar-refractivity contribution < 1.29 is 18.7 Å². The molecule has 0 atom stereocenters. The van der Waals surface area contributed by atoms with Crippen LogP contribution in [0.5, 0.6) is 0 Å². The lowest BCUT2D eigenvalue weighted by Crippen LogP contribution is -2.42. The first-order chi connectivity index (χ1) is 17.6. The third-order valence-electron chi connectivity index (χ3n) is 8.04. The zero-order chi connectivity index (χ0) is 26.3. The highest BCUT2D eigenvalue weighted by Gasteiger charge is 2.30. The number of piperidine rings is 1. The minimum Gasteiger partial charge on any atom is -0.390 e. The molecule has 0 unspecified atom stereocenters. The van der Waals surface area contributed by atoms with Crippen molar-refractivity contribution in [3.63, 3.8) is 0 Å². The van der Waals surface area contributed by atoms with Crippen molar-refractivity contribution in [1.82, 2.24) is 24.4 Å². The summed E-state index contributed by atoms with van der Waals surface area (Å²) in [4.78, 5) is 19.9. The molecule has 1 saturated heterocycles. The first kappa shape index (κ1) is 25.6. The molecule has 3 aromatic rings. The molecule has 0 radical (unpaired) electrons. The van der Waals surface area contributed by atoms with Gasteiger partial charge >= 0.3 is 0 Å². The van der Waals surface area contributed by atoms with E-state index < -0.39 is 23.6 Å². The highest BCUT2D eigenvalue weighted by atomic mass is 19.3. The summed E-state index contributed by atoms with van der Waals surface area (Å²) in [6, 6.07) is 1.86. The standard InChI is InChI=1S/C26H35F2N7O2/c1-16(2)17-4-6-18(7-5-17)35-15-20(22(32-35)23(27)28)30-25(36)19-14-29-34-11-8-21(31-24(19)34)33-12-9-26(3,37)10-13-33/h8,11,14-18,23,37H,4-7,9-10,12-13H2,1-3H3,(H,30,36). The van der Waals surface area contributed by atoms with E-state index in [9.17, 15) is 18.7 Å². The molecule has 1 aliphatic carbocycles. The molecule has 1 amide bonds. The zero-order valence-electron chi connectivity index (χ0n) is 21.6. The summed E-state index contributed by atoms with van der Waals surface area (Å²) in [6.07, 6.45) is 6.91. The van der Waals surface area contributed by atoms with E-state index in [0.717, 1.165) is 25.7 Å². The molecule has 1 aliphatic heterocycles. The summed E-state index contributed by atoms with van der Waals surface area (Å²) >= 11 is 0. The number of alkyl halides is 2. The van der Waals surface area contributed by atoms with E-state index in [0.29, 0.717) is 49.2 Å². The maximum absolute atomic E-state index is 13.9. The fraction of sp³-hybridized carbons (Fsp3) is 0.615. The van der Waals surface area contributed by atoms with Gasteiger partial charge in [0.25, 0.3) is 12.3 Å². The van der Waals surface area contributed by atoms with Gasteiger partial charge in [-0.2, -0.15) is 10.2 Å². The summed E-state index contributed by atoms with van der Waals surface area (Å²) in [5.74, 6) is 1.36. The summed E-state index contributed by atoms with van der Waals surface area (Å²) < 4.78 is 30.8. The van der Waals surface area contributed by atoms with E-state index in [1.165, 1.54) is 16.9 Å².